The van der Waals surface area contributed by atoms with Gasteiger partial charge in [-0.3, -0.25) is 0 Å². The molecule has 0 aliphatic heterocycles. The van der Waals surface area contributed by atoms with E-state index in [9.17, 15) is 0 Å². The van der Waals surface area contributed by atoms with E-state index in [4.69, 9.17) is 5.73 Å². The maximum atomic E-state index is 5.60. The fraction of sp³-hybridized carbons (Fsp3) is 0. The Hall–Kier alpha value is -1.16. The fourth-order valence-corrected chi connectivity index (χ4v) is 1.42. The van der Waals surface area contributed by atoms with E-state index >= 15 is 0 Å². The van der Waals surface area contributed by atoms with Crippen LogP contribution in [-0.2, 0) is 0 Å². The summed E-state index contributed by atoms with van der Waals surface area (Å²) in [6, 6.07) is 5.68. The molecule has 0 aliphatic carbocycles. The molecule has 0 unspecified atom stereocenters. The maximum absolute atomic E-state index is 5.60. The predicted octanol–water partition coefficient (Wildman–Crippen LogP) is 1.27. The predicted molar refractivity (Wildman–Crippen MR) is 41.8 cm³/mol. The SMILES string of the molecule is Nc1cccc2snnc12. The Morgan fingerprint density at radius 2 is 2.30 bits per heavy atom. The van der Waals surface area contributed by atoms with Crippen LogP contribution in [0.5, 0.6) is 0 Å². The van der Waals surface area contributed by atoms with E-state index in [1.807, 2.05) is 18.2 Å². The third kappa shape index (κ3) is 0.657. The molecule has 1 heterocycles. The highest BCUT2D eigenvalue weighted by molar-refractivity contribution is 7.13. The van der Waals surface area contributed by atoms with Gasteiger partial charge in [-0.05, 0) is 23.7 Å². The summed E-state index contributed by atoms with van der Waals surface area (Å²) in [5.74, 6) is 0. The zero-order valence-corrected chi connectivity index (χ0v) is 5.93. The number of nitrogen functional groups attached to an aromatic ring is 1. The van der Waals surface area contributed by atoms with E-state index in [-0.39, 0.29) is 0 Å². The first kappa shape index (κ1) is 5.61. The maximum Gasteiger partial charge on any atom is 0.128 e. The highest BCUT2D eigenvalue weighted by Gasteiger charge is 1.98. The van der Waals surface area contributed by atoms with Crippen molar-refractivity contribution >= 4 is 27.4 Å². The van der Waals surface area contributed by atoms with Crippen molar-refractivity contribution in [3.05, 3.63) is 18.2 Å². The van der Waals surface area contributed by atoms with E-state index in [1.165, 1.54) is 11.5 Å². The van der Waals surface area contributed by atoms with Crippen molar-refractivity contribution in [2.45, 2.75) is 0 Å². The molecule has 0 fully saturated rings. The first-order valence-corrected chi connectivity index (χ1v) is 3.62. The van der Waals surface area contributed by atoms with Gasteiger partial charge in [-0.2, -0.15) is 0 Å². The van der Waals surface area contributed by atoms with Crippen molar-refractivity contribution in [1.29, 1.82) is 0 Å². The largest absolute Gasteiger partial charge is 0.397 e. The number of aromatic nitrogens is 2. The molecular weight excluding hydrogens is 146 g/mol. The molecule has 0 radical (unpaired) electrons. The van der Waals surface area contributed by atoms with Gasteiger partial charge in [-0.1, -0.05) is 10.6 Å². The van der Waals surface area contributed by atoms with Crippen molar-refractivity contribution in [1.82, 2.24) is 9.59 Å². The summed E-state index contributed by atoms with van der Waals surface area (Å²) < 4.78 is 4.82. The number of benzene rings is 1. The number of hydrogen-bond donors (Lipinski definition) is 1. The molecule has 0 aliphatic rings. The van der Waals surface area contributed by atoms with Crippen molar-refractivity contribution in [3.8, 4) is 0 Å². The summed E-state index contributed by atoms with van der Waals surface area (Å²) in [7, 11) is 0. The molecule has 1 aromatic carbocycles. The Morgan fingerprint density at radius 1 is 1.40 bits per heavy atom. The molecule has 3 nitrogen and oxygen atoms in total. The van der Waals surface area contributed by atoms with Gasteiger partial charge in [0.15, 0.2) is 0 Å². The summed E-state index contributed by atoms with van der Waals surface area (Å²) >= 11 is 1.36. The minimum atomic E-state index is 0.700. The quantitative estimate of drug-likeness (QED) is 0.577. The van der Waals surface area contributed by atoms with E-state index in [0.717, 1.165) is 10.2 Å². The summed E-state index contributed by atoms with van der Waals surface area (Å²) in [6.45, 7) is 0. The molecule has 50 valence electrons. The molecule has 2 aromatic rings. The molecule has 4 heteroatoms. The van der Waals surface area contributed by atoms with Crippen molar-refractivity contribution in [2.24, 2.45) is 0 Å². The van der Waals surface area contributed by atoms with Gasteiger partial charge in [-0.25, -0.2) is 0 Å². The standard InChI is InChI=1S/C6H5N3S/c7-4-2-1-3-5-6(4)8-9-10-5/h1-3H,7H2. The third-order valence-electron chi connectivity index (χ3n) is 1.31. The van der Waals surface area contributed by atoms with Crippen LogP contribution < -0.4 is 5.73 Å². The zero-order chi connectivity index (χ0) is 6.97. The molecule has 0 saturated carbocycles. The Labute approximate surface area is 61.6 Å². The first-order valence-electron chi connectivity index (χ1n) is 2.84. The molecule has 1 aromatic heterocycles. The van der Waals surface area contributed by atoms with Crippen molar-refractivity contribution in [2.75, 3.05) is 5.73 Å². The summed E-state index contributed by atoms with van der Waals surface area (Å²) in [5, 5.41) is 3.86. The average Bonchev–Trinajstić information content (AvgIpc) is 2.36. The van der Waals surface area contributed by atoms with Gasteiger partial charge in [-0.15, -0.1) is 5.10 Å². The van der Waals surface area contributed by atoms with E-state index < -0.39 is 0 Å². The summed E-state index contributed by atoms with van der Waals surface area (Å²) in [4.78, 5) is 0. The first-order chi connectivity index (χ1) is 4.88. The van der Waals surface area contributed by atoms with Crippen LogP contribution >= 0.6 is 11.5 Å². The minimum absolute atomic E-state index is 0.700. The molecule has 0 amide bonds. The minimum Gasteiger partial charge on any atom is -0.397 e. The lowest BCUT2D eigenvalue weighted by Gasteiger charge is -1.88. The smallest absolute Gasteiger partial charge is 0.128 e. The van der Waals surface area contributed by atoms with Crippen LogP contribution in [-0.4, -0.2) is 9.59 Å². The molecule has 10 heavy (non-hydrogen) atoms. The molecule has 0 spiro atoms. The number of rotatable bonds is 0. The number of nitrogens with zero attached hydrogens (tertiary/aromatic N) is 2. The topological polar surface area (TPSA) is 51.8 Å². The highest BCUT2D eigenvalue weighted by atomic mass is 32.1. The van der Waals surface area contributed by atoms with Crippen LogP contribution in [0.25, 0.3) is 10.2 Å². The zero-order valence-electron chi connectivity index (χ0n) is 5.11. The van der Waals surface area contributed by atoms with Gasteiger partial charge in [0.2, 0.25) is 0 Å². The second-order valence-electron chi connectivity index (χ2n) is 1.97. The van der Waals surface area contributed by atoms with Crippen molar-refractivity contribution in [3.63, 3.8) is 0 Å². The Balaban J connectivity index is 2.95. The second-order valence-corrected chi connectivity index (χ2v) is 2.75. The Morgan fingerprint density at radius 3 is 3.10 bits per heavy atom. The van der Waals surface area contributed by atoms with Crippen molar-refractivity contribution < 1.29 is 0 Å². The van der Waals surface area contributed by atoms with E-state index in [1.54, 1.807) is 0 Å². The average molecular weight is 151 g/mol. The molecular formula is C6H5N3S. The summed E-state index contributed by atoms with van der Waals surface area (Å²) in [5.41, 5.74) is 7.12. The lowest BCUT2D eigenvalue weighted by molar-refractivity contribution is 1.20. The van der Waals surface area contributed by atoms with Gasteiger partial charge >= 0.3 is 0 Å². The Bertz CT molecular complexity index is 355. The van der Waals surface area contributed by atoms with Gasteiger partial charge in [0.1, 0.15) is 5.52 Å². The van der Waals surface area contributed by atoms with E-state index in [2.05, 4.69) is 9.59 Å². The molecule has 0 bridgehead atoms. The van der Waals surface area contributed by atoms with Gasteiger partial charge in [0.25, 0.3) is 0 Å². The molecule has 2 N–H and O–H groups in total. The van der Waals surface area contributed by atoms with Gasteiger partial charge in [0.05, 0.1) is 10.4 Å². The molecule has 0 atom stereocenters. The lowest BCUT2D eigenvalue weighted by Crippen LogP contribution is -1.84. The highest BCUT2D eigenvalue weighted by Crippen LogP contribution is 2.19. The fourth-order valence-electron chi connectivity index (χ4n) is 0.825. The van der Waals surface area contributed by atoms with Crippen LogP contribution in [0.4, 0.5) is 5.69 Å². The number of hydrogen-bond acceptors (Lipinski definition) is 4. The summed E-state index contributed by atoms with van der Waals surface area (Å²) in [6.07, 6.45) is 0. The Kier molecular flexibility index (Phi) is 1.07. The second kappa shape index (κ2) is 1.91. The van der Waals surface area contributed by atoms with Crippen LogP contribution in [0, 0.1) is 0 Å². The van der Waals surface area contributed by atoms with Crippen LogP contribution in [0.3, 0.4) is 0 Å². The number of fused-ring (bicyclic) bond motifs is 1. The third-order valence-corrected chi connectivity index (χ3v) is 2.00. The number of anilines is 1. The number of nitrogens with two attached hydrogens (primary N) is 1. The monoisotopic (exact) mass is 151 g/mol. The van der Waals surface area contributed by atoms with Crippen LogP contribution in [0.2, 0.25) is 0 Å². The molecule has 0 saturated heterocycles. The molecule has 2 rings (SSSR count). The van der Waals surface area contributed by atoms with Crippen LogP contribution in [0.15, 0.2) is 18.2 Å². The van der Waals surface area contributed by atoms with Gasteiger partial charge in [0, 0.05) is 0 Å². The lowest BCUT2D eigenvalue weighted by atomic mass is 10.3. The van der Waals surface area contributed by atoms with Gasteiger partial charge < -0.3 is 5.73 Å². The van der Waals surface area contributed by atoms with E-state index in [0.29, 0.717) is 5.69 Å². The van der Waals surface area contributed by atoms with Crippen LogP contribution in [0.1, 0.15) is 0 Å². The normalized spacial score (nSPS) is 10.4.